The van der Waals surface area contributed by atoms with Crippen LogP contribution in [-0.2, 0) is 13.0 Å². The molecular weight excluding hydrogens is 502 g/mol. The predicted molar refractivity (Wildman–Crippen MR) is 158 cm³/mol. The fourth-order valence-electron chi connectivity index (χ4n) is 5.33. The summed E-state index contributed by atoms with van der Waals surface area (Å²) in [5.74, 6) is 0.966. The monoisotopic (exact) mass is 533 g/mol. The van der Waals surface area contributed by atoms with Crippen molar-refractivity contribution in [2.75, 3.05) is 11.6 Å². The van der Waals surface area contributed by atoms with Gasteiger partial charge in [-0.25, -0.2) is 9.48 Å². The highest BCUT2D eigenvalue weighted by Gasteiger charge is 2.36. The van der Waals surface area contributed by atoms with Crippen molar-refractivity contribution < 1.29 is 4.79 Å². The Hall–Kier alpha value is -4.23. The molecule has 3 aromatic carbocycles. The van der Waals surface area contributed by atoms with Crippen LogP contribution < -0.4 is 5.32 Å². The van der Waals surface area contributed by atoms with Gasteiger partial charge in [0.05, 0.1) is 29.7 Å². The minimum absolute atomic E-state index is 0.148. The third-order valence-electron chi connectivity index (χ3n) is 7.37. The second-order valence-corrected chi connectivity index (χ2v) is 10.6. The summed E-state index contributed by atoms with van der Waals surface area (Å²) in [5, 5.41) is 8.12. The van der Waals surface area contributed by atoms with Gasteiger partial charge in [0.1, 0.15) is 5.82 Å². The quantitative estimate of drug-likeness (QED) is 0.240. The zero-order valence-corrected chi connectivity index (χ0v) is 23.2. The number of carbonyl (C=O) groups excluding carboxylic acids is 1. The van der Waals surface area contributed by atoms with Crippen LogP contribution in [0, 0.1) is 6.92 Å². The Morgan fingerprint density at radius 1 is 1.00 bits per heavy atom. The molecule has 0 spiro atoms. The molecule has 1 atom stereocenters. The largest absolute Gasteiger partial charge is 0.322 e. The molecule has 6 nitrogen and oxygen atoms in total. The molecule has 0 saturated carbocycles. The van der Waals surface area contributed by atoms with Gasteiger partial charge in [-0.05, 0) is 73.2 Å². The first-order valence-electron chi connectivity index (χ1n) is 13.2. The molecule has 0 aliphatic carbocycles. The number of hydrogen-bond acceptors (Lipinski definition) is 3. The summed E-state index contributed by atoms with van der Waals surface area (Å²) >= 11 is 1.66. The number of aromatic nitrogens is 3. The van der Waals surface area contributed by atoms with E-state index < -0.39 is 0 Å². The van der Waals surface area contributed by atoms with Crippen LogP contribution in [0.2, 0.25) is 0 Å². The Labute approximate surface area is 233 Å². The number of carbonyl (C=O) groups is 1. The van der Waals surface area contributed by atoms with E-state index in [1.807, 2.05) is 71.3 Å². The van der Waals surface area contributed by atoms with Crippen molar-refractivity contribution in [3.63, 3.8) is 0 Å². The van der Waals surface area contributed by atoms with Crippen LogP contribution in [0.15, 0.2) is 102 Å². The number of para-hydroxylation sites is 1. The van der Waals surface area contributed by atoms with Gasteiger partial charge in [-0.3, -0.25) is 0 Å². The maximum absolute atomic E-state index is 14.1. The number of thioether (sulfide) groups is 1. The van der Waals surface area contributed by atoms with Crippen LogP contribution in [-0.4, -0.2) is 31.5 Å². The zero-order chi connectivity index (χ0) is 26.9. The van der Waals surface area contributed by atoms with E-state index in [4.69, 9.17) is 5.10 Å². The Kier molecular flexibility index (Phi) is 6.75. The number of aryl methyl sites for hydroxylation is 2. The predicted octanol–water partition coefficient (Wildman–Crippen LogP) is 7.39. The summed E-state index contributed by atoms with van der Waals surface area (Å²) in [5.41, 5.74) is 7.05. The first kappa shape index (κ1) is 25.1. The number of amides is 2. The maximum Gasteiger partial charge on any atom is 0.322 e. The van der Waals surface area contributed by atoms with Gasteiger partial charge in [0.25, 0.3) is 0 Å². The van der Waals surface area contributed by atoms with E-state index in [0.717, 1.165) is 51.0 Å². The first-order chi connectivity index (χ1) is 19.1. The van der Waals surface area contributed by atoms with Crippen LogP contribution in [0.3, 0.4) is 0 Å². The number of benzene rings is 3. The van der Waals surface area contributed by atoms with Crippen molar-refractivity contribution in [3.8, 4) is 11.5 Å². The van der Waals surface area contributed by atoms with Crippen LogP contribution in [0.1, 0.15) is 41.0 Å². The number of urea groups is 1. The van der Waals surface area contributed by atoms with E-state index in [9.17, 15) is 4.79 Å². The molecule has 0 unspecified atom stereocenters. The number of nitrogens with zero attached hydrogens (tertiary/aromatic N) is 4. The molecule has 2 amide bonds. The molecule has 0 radical (unpaired) electrons. The van der Waals surface area contributed by atoms with Crippen LogP contribution in [0.4, 0.5) is 10.5 Å². The summed E-state index contributed by atoms with van der Waals surface area (Å²) < 4.78 is 4.19. The molecule has 1 aliphatic rings. The maximum atomic E-state index is 14.1. The van der Waals surface area contributed by atoms with Crippen molar-refractivity contribution >= 4 is 23.5 Å². The van der Waals surface area contributed by atoms with Gasteiger partial charge in [0.2, 0.25) is 0 Å². The second kappa shape index (κ2) is 10.5. The average molecular weight is 534 g/mol. The van der Waals surface area contributed by atoms with Crippen molar-refractivity contribution in [2.45, 2.75) is 37.8 Å². The number of nitrogens with one attached hydrogen (secondary N) is 1. The second-order valence-electron chi connectivity index (χ2n) is 9.73. The Balaban J connectivity index is 1.51. The molecule has 1 aliphatic heterocycles. The Bertz CT molecular complexity index is 1620. The van der Waals surface area contributed by atoms with Gasteiger partial charge >= 0.3 is 6.03 Å². The summed E-state index contributed by atoms with van der Waals surface area (Å²) in [6.45, 7) is 4.60. The van der Waals surface area contributed by atoms with E-state index in [1.54, 1.807) is 11.8 Å². The number of fused-ring (bicyclic) bond motifs is 3. The van der Waals surface area contributed by atoms with Gasteiger partial charge in [-0.2, -0.15) is 5.10 Å². The summed E-state index contributed by atoms with van der Waals surface area (Å²) in [4.78, 5) is 17.2. The summed E-state index contributed by atoms with van der Waals surface area (Å²) in [6.07, 6.45) is 5.08. The summed E-state index contributed by atoms with van der Waals surface area (Å²) in [6, 6.07) is 30.5. The van der Waals surface area contributed by atoms with Gasteiger partial charge < -0.3 is 14.8 Å². The molecule has 6 rings (SSSR count). The Morgan fingerprint density at radius 2 is 1.79 bits per heavy atom. The fourth-order valence-corrected chi connectivity index (χ4v) is 5.79. The molecule has 196 valence electrons. The minimum atomic E-state index is -0.286. The lowest BCUT2D eigenvalue weighted by Gasteiger charge is -2.31. The summed E-state index contributed by atoms with van der Waals surface area (Å²) in [7, 11) is 0. The fraction of sp³-hybridized carbons (Fsp3) is 0.188. The van der Waals surface area contributed by atoms with Gasteiger partial charge in [0, 0.05) is 22.3 Å². The zero-order valence-electron chi connectivity index (χ0n) is 22.3. The highest BCUT2D eigenvalue weighted by atomic mass is 32.2. The van der Waals surface area contributed by atoms with E-state index in [2.05, 4.69) is 65.5 Å². The minimum Gasteiger partial charge on any atom is -0.308 e. The van der Waals surface area contributed by atoms with E-state index >= 15 is 0 Å². The third kappa shape index (κ3) is 4.63. The smallest absolute Gasteiger partial charge is 0.308 e. The first-order valence-corrected chi connectivity index (χ1v) is 14.4. The van der Waals surface area contributed by atoms with E-state index in [1.165, 1.54) is 5.56 Å². The van der Waals surface area contributed by atoms with E-state index in [0.29, 0.717) is 6.54 Å². The number of hydrogen-bond donors (Lipinski definition) is 1. The van der Waals surface area contributed by atoms with Crippen LogP contribution >= 0.6 is 11.8 Å². The highest BCUT2D eigenvalue weighted by Crippen LogP contribution is 2.39. The molecule has 0 saturated heterocycles. The van der Waals surface area contributed by atoms with Crippen molar-refractivity contribution in [2.24, 2.45) is 0 Å². The van der Waals surface area contributed by atoms with Crippen LogP contribution in [0.5, 0.6) is 0 Å². The highest BCUT2D eigenvalue weighted by molar-refractivity contribution is 7.98. The standard InChI is InChI=1S/C32H31N5OS/c1-4-23-15-17-24(18-16-23)30-29-14-9-19-35(29)31-28(22(2)34-37(31)26-11-6-5-7-12-26)21-36(30)32(38)33-25-10-8-13-27(20-25)39-3/h5-20,30H,4,21H2,1-3H3,(H,33,38)/t30-/m0/s1. The van der Waals surface area contributed by atoms with Crippen molar-refractivity contribution in [1.82, 2.24) is 19.2 Å². The topological polar surface area (TPSA) is 55.1 Å². The van der Waals surface area contributed by atoms with Crippen LogP contribution in [0.25, 0.3) is 11.5 Å². The normalized spacial score (nSPS) is 14.4. The molecular formula is C32H31N5OS. The number of anilines is 1. The lowest BCUT2D eigenvalue weighted by Crippen LogP contribution is -2.38. The number of rotatable bonds is 5. The molecule has 3 heterocycles. The van der Waals surface area contributed by atoms with Crippen molar-refractivity contribution in [1.29, 1.82) is 0 Å². The SMILES string of the molecule is CCc1ccc([C@H]2c3cccn3-c3c(c(C)nn3-c3ccccc3)CN2C(=O)Nc2cccc(SC)c2)cc1. The molecule has 39 heavy (non-hydrogen) atoms. The molecule has 0 fully saturated rings. The molecule has 5 aromatic rings. The molecule has 0 bridgehead atoms. The molecule has 1 N–H and O–H groups in total. The molecule has 7 heteroatoms. The van der Waals surface area contributed by atoms with Crippen molar-refractivity contribution in [3.05, 3.63) is 125 Å². The average Bonchev–Trinajstić information content (AvgIpc) is 3.54. The van der Waals surface area contributed by atoms with E-state index in [-0.39, 0.29) is 12.1 Å². The third-order valence-corrected chi connectivity index (χ3v) is 8.10. The van der Waals surface area contributed by atoms with Gasteiger partial charge in [-0.15, -0.1) is 11.8 Å². The molecule has 2 aromatic heterocycles. The lowest BCUT2D eigenvalue weighted by atomic mass is 9.99. The Morgan fingerprint density at radius 3 is 2.54 bits per heavy atom. The lowest BCUT2D eigenvalue weighted by molar-refractivity contribution is 0.194. The van der Waals surface area contributed by atoms with Gasteiger partial charge in [-0.1, -0.05) is 55.5 Å². The van der Waals surface area contributed by atoms with Gasteiger partial charge in [0.15, 0.2) is 0 Å².